The molecule has 1 amide bonds. The van der Waals surface area contributed by atoms with Gasteiger partial charge in [0.2, 0.25) is 5.91 Å². The minimum Gasteiger partial charge on any atom is -0.393 e. The third-order valence-electron chi connectivity index (χ3n) is 4.40. The van der Waals surface area contributed by atoms with Crippen molar-refractivity contribution in [2.75, 3.05) is 6.54 Å². The van der Waals surface area contributed by atoms with Gasteiger partial charge in [0, 0.05) is 12.1 Å². The third kappa shape index (κ3) is 1.88. The quantitative estimate of drug-likeness (QED) is 0.709. The summed E-state index contributed by atoms with van der Waals surface area (Å²) in [7, 11) is 0. The fourth-order valence-corrected chi connectivity index (χ4v) is 3.42. The van der Waals surface area contributed by atoms with Crippen molar-refractivity contribution < 1.29 is 9.90 Å². The Hall–Kier alpha value is -0.830. The van der Waals surface area contributed by atoms with E-state index in [-0.39, 0.29) is 12.0 Å². The van der Waals surface area contributed by atoms with E-state index >= 15 is 0 Å². The predicted octanol–water partition coefficient (Wildman–Crippen LogP) is 1.33. The molecule has 0 aromatic rings. The number of aliphatic hydroxyl groups excluding tert-OH is 1. The average Bonchev–Trinajstić information content (AvgIpc) is 2.76. The van der Waals surface area contributed by atoms with E-state index in [0.717, 1.165) is 19.4 Å². The first-order chi connectivity index (χ1) is 7.50. The summed E-state index contributed by atoms with van der Waals surface area (Å²) in [4.78, 5) is 11.4. The maximum Gasteiger partial charge on any atom is 0.246 e. The molecule has 2 bridgehead atoms. The highest BCUT2D eigenvalue weighted by Crippen LogP contribution is 2.51. The van der Waals surface area contributed by atoms with Crippen LogP contribution in [0.25, 0.3) is 0 Å². The molecule has 0 spiro atoms. The number of rotatable bonds is 3. The summed E-state index contributed by atoms with van der Waals surface area (Å²) in [6, 6.07) is 0. The van der Waals surface area contributed by atoms with Crippen molar-refractivity contribution in [2.45, 2.75) is 32.8 Å². The number of amides is 1. The molecule has 0 radical (unpaired) electrons. The largest absolute Gasteiger partial charge is 0.393 e. The standard InChI is InChI=1S/C13H21NO2/c1-7(2)13(16)14-6-10-4-9-5-11(10)8(3)12(9)15/h8-12,15H,1,4-6H2,2-3H3,(H,14,16). The number of carbonyl (C=O) groups excluding carboxylic acids is 1. The van der Waals surface area contributed by atoms with Gasteiger partial charge < -0.3 is 10.4 Å². The van der Waals surface area contributed by atoms with Gasteiger partial charge in [-0.15, -0.1) is 0 Å². The van der Waals surface area contributed by atoms with Gasteiger partial charge >= 0.3 is 0 Å². The highest BCUT2D eigenvalue weighted by molar-refractivity contribution is 5.92. The zero-order valence-corrected chi connectivity index (χ0v) is 10.1. The first kappa shape index (κ1) is 11.6. The van der Waals surface area contributed by atoms with Crippen molar-refractivity contribution in [2.24, 2.45) is 23.7 Å². The lowest BCUT2D eigenvalue weighted by Gasteiger charge is -2.30. The normalized spacial score (nSPS) is 41.1. The smallest absolute Gasteiger partial charge is 0.246 e. The molecular formula is C13H21NO2. The number of aliphatic hydroxyl groups is 1. The zero-order valence-electron chi connectivity index (χ0n) is 10.1. The molecular weight excluding hydrogens is 202 g/mol. The van der Waals surface area contributed by atoms with Gasteiger partial charge in [-0.2, -0.15) is 0 Å². The maximum absolute atomic E-state index is 11.4. The van der Waals surface area contributed by atoms with Crippen LogP contribution in [0.2, 0.25) is 0 Å². The molecule has 0 heterocycles. The van der Waals surface area contributed by atoms with E-state index in [1.807, 2.05) is 0 Å². The number of hydrogen-bond acceptors (Lipinski definition) is 2. The fourth-order valence-electron chi connectivity index (χ4n) is 3.42. The SMILES string of the molecule is C=C(C)C(=O)NCC1CC2CC1C(C)C2O. The van der Waals surface area contributed by atoms with Gasteiger partial charge in [-0.05, 0) is 43.4 Å². The van der Waals surface area contributed by atoms with Gasteiger partial charge in [0.15, 0.2) is 0 Å². The molecule has 0 aliphatic heterocycles. The minimum absolute atomic E-state index is 0.0454. The van der Waals surface area contributed by atoms with Crippen LogP contribution in [0.5, 0.6) is 0 Å². The Balaban J connectivity index is 1.86. The van der Waals surface area contributed by atoms with Gasteiger partial charge in [-0.3, -0.25) is 4.79 Å². The van der Waals surface area contributed by atoms with Crippen LogP contribution in [0.15, 0.2) is 12.2 Å². The van der Waals surface area contributed by atoms with Crippen LogP contribution in [-0.4, -0.2) is 23.7 Å². The molecule has 16 heavy (non-hydrogen) atoms. The van der Waals surface area contributed by atoms with E-state index in [0.29, 0.717) is 29.2 Å². The molecule has 0 aromatic heterocycles. The van der Waals surface area contributed by atoms with Crippen molar-refractivity contribution in [3.8, 4) is 0 Å². The Morgan fingerprint density at radius 2 is 2.19 bits per heavy atom. The fraction of sp³-hybridized carbons (Fsp3) is 0.769. The summed E-state index contributed by atoms with van der Waals surface area (Å²) in [6.07, 6.45) is 2.08. The van der Waals surface area contributed by atoms with Crippen LogP contribution in [-0.2, 0) is 4.79 Å². The van der Waals surface area contributed by atoms with Crippen molar-refractivity contribution in [3.63, 3.8) is 0 Å². The second-order valence-electron chi connectivity index (χ2n) is 5.50. The molecule has 2 fully saturated rings. The number of hydrogen-bond donors (Lipinski definition) is 2. The van der Waals surface area contributed by atoms with E-state index in [1.54, 1.807) is 6.92 Å². The van der Waals surface area contributed by atoms with Gasteiger partial charge in [-0.25, -0.2) is 0 Å². The Labute approximate surface area is 96.9 Å². The molecule has 0 saturated heterocycles. The summed E-state index contributed by atoms with van der Waals surface area (Å²) < 4.78 is 0. The Kier molecular flexibility index (Phi) is 3.06. The number of nitrogens with one attached hydrogen (secondary N) is 1. The monoisotopic (exact) mass is 223 g/mol. The molecule has 2 saturated carbocycles. The Morgan fingerprint density at radius 3 is 2.69 bits per heavy atom. The summed E-state index contributed by atoms with van der Waals surface area (Å²) in [5, 5.41) is 12.8. The van der Waals surface area contributed by atoms with Gasteiger partial charge in [-0.1, -0.05) is 13.5 Å². The first-order valence-corrected chi connectivity index (χ1v) is 6.12. The zero-order chi connectivity index (χ0) is 11.9. The lowest BCUT2D eigenvalue weighted by Crippen LogP contribution is -2.37. The van der Waals surface area contributed by atoms with Crippen molar-refractivity contribution in [3.05, 3.63) is 12.2 Å². The first-order valence-electron chi connectivity index (χ1n) is 6.12. The number of carbonyl (C=O) groups is 1. The third-order valence-corrected chi connectivity index (χ3v) is 4.40. The minimum atomic E-state index is -0.113. The molecule has 2 rings (SSSR count). The molecule has 90 valence electrons. The van der Waals surface area contributed by atoms with E-state index in [9.17, 15) is 9.90 Å². The molecule has 2 N–H and O–H groups in total. The molecule has 2 aliphatic rings. The van der Waals surface area contributed by atoms with Crippen LogP contribution in [0.3, 0.4) is 0 Å². The van der Waals surface area contributed by atoms with E-state index in [2.05, 4.69) is 18.8 Å². The van der Waals surface area contributed by atoms with Crippen molar-refractivity contribution in [1.29, 1.82) is 0 Å². The highest BCUT2D eigenvalue weighted by Gasteiger charge is 2.49. The molecule has 5 unspecified atom stereocenters. The summed E-state index contributed by atoms with van der Waals surface area (Å²) in [6.45, 7) is 8.21. The Morgan fingerprint density at radius 1 is 1.50 bits per heavy atom. The highest BCUT2D eigenvalue weighted by atomic mass is 16.3. The molecule has 0 aromatic carbocycles. The molecule has 2 aliphatic carbocycles. The van der Waals surface area contributed by atoms with Gasteiger partial charge in [0.1, 0.15) is 0 Å². The predicted molar refractivity (Wildman–Crippen MR) is 62.7 cm³/mol. The van der Waals surface area contributed by atoms with Crippen LogP contribution >= 0.6 is 0 Å². The maximum atomic E-state index is 11.4. The summed E-state index contributed by atoms with van der Waals surface area (Å²) >= 11 is 0. The van der Waals surface area contributed by atoms with Crippen LogP contribution in [0.4, 0.5) is 0 Å². The average molecular weight is 223 g/mol. The van der Waals surface area contributed by atoms with Crippen LogP contribution in [0, 0.1) is 23.7 Å². The van der Waals surface area contributed by atoms with Gasteiger partial charge in [0.05, 0.1) is 6.10 Å². The molecule has 3 heteroatoms. The second-order valence-corrected chi connectivity index (χ2v) is 5.50. The number of fused-ring (bicyclic) bond motifs is 2. The van der Waals surface area contributed by atoms with E-state index < -0.39 is 0 Å². The summed E-state index contributed by atoms with van der Waals surface area (Å²) in [5.41, 5.74) is 0.566. The summed E-state index contributed by atoms with van der Waals surface area (Å²) in [5.74, 6) is 1.95. The molecule has 5 atom stereocenters. The van der Waals surface area contributed by atoms with E-state index in [4.69, 9.17) is 0 Å². The van der Waals surface area contributed by atoms with Crippen molar-refractivity contribution in [1.82, 2.24) is 5.32 Å². The van der Waals surface area contributed by atoms with Crippen LogP contribution in [0.1, 0.15) is 26.7 Å². The van der Waals surface area contributed by atoms with Gasteiger partial charge in [0.25, 0.3) is 0 Å². The van der Waals surface area contributed by atoms with E-state index in [1.165, 1.54) is 0 Å². The topological polar surface area (TPSA) is 49.3 Å². The van der Waals surface area contributed by atoms with Crippen molar-refractivity contribution >= 4 is 5.91 Å². The second kappa shape index (κ2) is 4.21. The lowest BCUT2D eigenvalue weighted by molar-refractivity contribution is -0.117. The lowest BCUT2D eigenvalue weighted by atomic mass is 9.80. The van der Waals surface area contributed by atoms with Crippen LogP contribution < -0.4 is 5.32 Å². The molecule has 3 nitrogen and oxygen atoms in total. The Bertz CT molecular complexity index is 311.